The van der Waals surface area contributed by atoms with Crippen molar-refractivity contribution in [3.8, 4) is 11.5 Å². The molecule has 3 rings (SSSR count). The fraction of sp³-hybridized carbons (Fsp3) is 0.125. The molecule has 3 nitrogen and oxygen atoms in total. The first kappa shape index (κ1) is 18.5. The van der Waals surface area contributed by atoms with Crippen molar-refractivity contribution in [1.29, 1.82) is 0 Å². The Labute approximate surface area is 160 Å². The smallest absolute Gasteiger partial charge is 0.225 e. The zero-order valence-corrected chi connectivity index (χ0v) is 15.6. The van der Waals surface area contributed by atoms with Gasteiger partial charge in [-0.15, -0.1) is 0 Å². The van der Waals surface area contributed by atoms with Gasteiger partial charge in [0.1, 0.15) is 11.5 Å². The van der Waals surface area contributed by atoms with E-state index in [-0.39, 0.29) is 0 Å². The Balaban J connectivity index is 1.88. The predicted molar refractivity (Wildman–Crippen MR) is 111 cm³/mol. The molecule has 3 aromatic carbocycles. The van der Waals surface area contributed by atoms with Crippen LogP contribution in [0.1, 0.15) is 19.4 Å². The number of aryl methyl sites for hydroxylation is 1. The van der Waals surface area contributed by atoms with Crippen LogP contribution >= 0.6 is 0 Å². The number of rotatable bonds is 6. The van der Waals surface area contributed by atoms with E-state index in [4.69, 9.17) is 9.47 Å². The molecular weight excluding hydrogens is 334 g/mol. The first-order valence-corrected chi connectivity index (χ1v) is 9.04. The van der Waals surface area contributed by atoms with Gasteiger partial charge in [-0.3, -0.25) is 0 Å². The van der Waals surface area contributed by atoms with Gasteiger partial charge in [-0.2, -0.15) is 0 Å². The lowest BCUT2D eigenvalue weighted by Gasteiger charge is -2.11. The summed E-state index contributed by atoms with van der Waals surface area (Å²) in [4.78, 5) is 4.67. The predicted octanol–water partition coefficient (Wildman–Crippen LogP) is 6.34. The topological polar surface area (TPSA) is 30.8 Å². The van der Waals surface area contributed by atoms with Crippen molar-refractivity contribution in [2.24, 2.45) is 4.99 Å². The van der Waals surface area contributed by atoms with Crippen LogP contribution in [-0.4, -0.2) is 5.90 Å². The highest BCUT2D eigenvalue weighted by atomic mass is 16.5. The van der Waals surface area contributed by atoms with E-state index in [1.807, 2.05) is 85.8 Å². The van der Waals surface area contributed by atoms with Crippen molar-refractivity contribution in [3.63, 3.8) is 0 Å². The van der Waals surface area contributed by atoms with E-state index in [0.29, 0.717) is 5.90 Å². The molecule has 136 valence electrons. The lowest BCUT2D eigenvalue weighted by molar-refractivity contribution is 0.473. The molecule has 0 unspecified atom stereocenters. The highest BCUT2D eigenvalue weighted by Crippen LogP contribution is 2.19. The van der Waals surface area contributed by atoms with Crippen LogP contribution in [0, 0.1) is 0 Å². The highest BCUT2D eigenvalue weighted by Gasteiger charge is 2.08. The second kappa shape index (κ2) is 9.39. The summed E-state index contributed by atoms with van der Waals surface area (Å²) in [5.41, 5.74) is 2.84. The third kappa shape index (κ3) is 5.58. The Morgan fingerprint density at radius 1 is 0.852 bits per heavy atom. The standard InChI is InChI=1S/C24H23NO2/c1-3-20-11-10-16-23(17-20)27-24(25-21-12-6-4-7-13-21)19(2)18-26-22-14-8-5-9-15-22/h4-18H,3H2,1-2H3/b19-18+,25-24?. The monoisotopic (exact) mass is 357 g/mol. The zero-order valence-electron chi connectivity index (χ0n) is 15.6. The number of benzene rings is 3. The van der Waals surface area contributed by atoms with E-state index < -0.39 is 0 Å². The highest BCUT2D eigenvalue weighted by molar-refractivity contribution is 5.96. The average molecular weight is 357 g/mol. The molecule has 0 fully saturated rings. The van der Waals surface area contributed by atoms with E-state index in [1.54, 1.807) is 6.26 Å². The van der Waals surface area contributed by atoms with Gasteiger partial charge < -0.3 is 9.47 Å². The molecule has 0 spiro atoms. The molecule has 0 atom stereocenters. The molecule has 0 aromatic heterocycles. The summed E-state index contributed by atoms with van der Waals surface area (Å²) < 4.78 is 11.9. The minimum atomic E-state index is 0.505. The molecular formula is C24H23NO2. The van der Waals surface area contributed by atoms with Gasteiger partial charge in [0.05, 0.1) is 11.9 Å². The molecule has 0 N–H and O–H groups in total. The van der Waals surface area contributed by atoms with Gasteiger partial charge in [-0.05, 0) is 55.3 Å². The fourth-order valence-electron chi connectivity index (χ4n) is 2.46. The van der Waals surface area contributed by atoms with Crippen LogP contribution in [0.25, 0.3) is 0 Å². The number of hydrogen-bond donors (Lipinski definition) is 0. The first-order valence-electron chi connectivity index (χ1n) is 9.04. The van der Waals surface area contributed by atoms with Gasteiger partial charge in [-0.25, -0.2) is 4.99 Å². The van der Waals surface area contributed by atoms with Crippen LogP contribution in [0.4, 0.5) is 5.69 Å². The number of nitrogens with zero attached hydrogens (tertiary/aromatic N) is 1. The van der Waals surface area contributed by atoms with Crippen molar-refractivity contribution in [1.82, 2.24) is 0 Å². The van der Waals surface area contributed by atoms with E-state index in [2.05, 4.69) is 18.0 Å². The molecule has 0 radical (unpaired) electrons. The molecule has 0 amide bonds. The van der Waals surface area contributed by atoms with Crippen molar-refractivity contribution >= 4 is 11.6 Å². The summed E-state index contributed by atoms with van der Waals surface area (Å²) in [6, 6.07) is 27.4. The summed E-state index contributed by atoms with van der Waals surface area (Å²) >= 11 is 0. The van der Waals surface area contributed by atoms with Crippen molar-refractivity contribution in [2.75, 3.05) is 0 Å². The molecule has 0 heterocycles. The minimum absolute atomic E-state index is 0.505. The molecule has 0 aliphatic rings. The Kier molecular flexibility index (Phi) is 6.42. The molecule has 0 bridgehead atoms. The normalized spacial score (nSPS) is 11.9. The van der Waals surface area contributed by atoms with Crippen molar-refractivity contribution < 1.29 is 9.47 Å². The lowest BCUT2D eigenvalue weighted by atomic mass is 10.2. The van der Waals surface area contributed by atoms with Crippen molar-refractivity contribution in [2.45, 2.75) is 20.3 Å². The summed E-state index contributed by atoms with van der Waals surface area (Å²) in [7, 11) is 0. The maximum absolute atomic E-state index is 6.11. The van der Waals surface area contributed by atoms with Gasteiger partial charge in [0.15, 0.2) is 0 Å². The minimum Gasteiger partial charge on any atom is -0.465 e. The quantitative estimate of drug-likeness (QED) is 0.293. The third-order valence-electron chi connectivity index (χ3n) is 3.96. The number of ether oxygens (including phenoxy) is 2. The van der Waals surface area contributed by atoms with Gasteiger partial charge in [-0.1, -0.05) is 55.5 Å². The van der Waals surface area contributed by atoms with Crippen molar-refractivity contribution in [3.05, 3.63) is 102 Å². The van der Waals surface area contributed by atoms with Gasteiger partial charge >= 0.3 is 0 Å². The van der Waals surface area contributed by atoms with Crippen LogP contribution in [0.5, 0.6) is 11.5 Å². The van der Waals surface area contributed by atoms with E-state index in [0.717, 1.165) is 29.2 Å². The molecule has 3 heteroatoms. The van der Waals surface area contributed by atoms with E-state index >= 15 is 0 Å². The number of para-hydroxylation sites is 2. The Morgan fingerprint density at radius 2 is 1.52 bits per heavy atom. The van der Waals surface area contributed by atoms with Crippen LogP contribution < -0.4 is 9.47 Å². The van der Waals surface area contributed by atoms with Gasteiger partial charge in [0.2, 0.25) is 5.90 Å². The molecule has 3 aromatic rings. The maximum atomic E-state index is 6.11. The number of aliphatic imine (C=N–C) groups is 1. The van der Waals surface area contributed by atoms with Gasteiger partial charge in [0.25, 0.3) is 0 Å². The maximum Gasteiger partial charge on any atom is 0.225 e. The number of hydrogen-bond acceptors (Lipinski definition) is 3. The van der Waals surface area contributed by atoms with E-state index in [9.17, 15) is 0 Å². The zero-order chi connectivity index (χ0) is 18.9. The summed E-state index contributed by atoms with van der Waals surface area (Å²) in [5.74, 6) is 2.03. The Morgan fingerprint density at radius 3 is 2.22 bits per heavy atom. The SMILES string of the molecule is CCc1cccc(OC(=Nc2ccccc2)/C(C)=C/Oc2ccccc2)c1. The van der Waals surface area contributed by atoms with Crippen LogP contribution in [0.15, 0.2) is 102 Å². The fourth-order valence-corrected chi connectivity index (χ4v) is 2.46. The van der Waals surface area contributed by atoms with Crippen LogP contribution in [0.2, 0.25) is 0 Å². The Bertz CT molecular complexity index is 915. The van der Waals surface area contributed by atoms with Crippen LogP contribution in [0.3, 0.4) is 0 Å². The molecule has 0 aliphatic carbocycles. The van der Waals surface area contributed by atoms with Crippen LogP contribution in [-0.2, 0) is 6.42 Å². The summed E-state index contributed by atoms with van der Waals surface area (Å²) in [5, 5.41) is 0. The largest absolute Gasteiger partial charge is 0.465 e. The first-order chi connectivity index (χ1) is 13.2. The molecule has 27 heavy (non-hydrogen) atoms. The van der Waals surface area contributed by atoms with E-state index in [1.165, 1.54) is 5.56 Å². The average Bonchev–Trinajstić information content (AvgIpc) is 2.73. The molecule has 0 saturated heterocycles. The molecule has 0 aliphatic heterocycles. The second-order valence-corrected chi connectivity index (χ2v) is 6.09. The summed E-state index contributed by atoms with van der Waals surface area (Å²) in [6.07, 6.45) is 2.62. The summed E-state index contributed by atoms with van der Waals surface area (Å²) in [6.45, 7) is 4.05. The second-order valence-electron chi connectivity index (χ2n) is 6.09. The third-order valence-corrected chi connectivity index (χ3v) is 3.96. The molecule has 0 saturated carbocycles. The lowest BCUT2D eigenvalue weighted by Crippen LogP contribution is -2.11. The van der Waals surface area contributed by atoms with Gasteiger partial charge in [0, 0.05) is 5.57 Å². The Hall–Kier alpha value is -3.33.